The first kappa shape index (κ1) is 21.2. The molecule has 1 aromatic carbocycles. The maximum atomic E-state index is 11.4. The van der Waals surface area contributed by atoms with E-state index in [0.29, 0.717) is 19.1 Å². The molecule has 2 aromatic rings. The predicted octanol–water partition coefficient (Wildman–Crippen LogP) is 5.88. The molecular weight excluding hydrogens is 386 g/mol. The molecule has 1 aliphatic carbocycles. The largest absolute Gasteiger partial charge is 0.487 e. The normalized spacial score (nSPS) is 16.8. The minimum absolute atomic E-state index is 0.0894. The van der Waals surface area contributed by atoms with E-state index in [1.54, 1.807) is 0 Å². The molecule has 31 heavy (non-hydrogen) atoms. The van der Waals surface area contributed by atoms with Crippen molar-refractivity contribution >= 4 is 17.2 Å². The number of carbonyl (C=O) groups is 1. The van der Waals surface area contributed by atoms with Crippen LogP contribution in [0.2, 0.25) is 0 Å². The van der Waals surface area contributed by atoms with Crippen molar-refractivity contribution in [2.75, 3.05) is 5.32 Å². The van der Waals surface area contributed by atoms with E-state index in [2.05, 4.69) is 48.1 Å². The summed E-state index contributed by atoms with van der Waals surface area (Å²) in [6.07, 6.45) is 9.98. The summed E-state index contributed by atoms with van der Waals surface area (Å²) in [5, 5.41) is 7.83. The zero-order valence-electron chi connectivity index (χ0n) is 18.9. The van der Waals surface area contributed by atoms with Gasteiger partial charge in [0.2, 0.25) is 5.91 Å². The van der Waals surface area contributed by atoms with Crippen LogP contribution in [-0.4, -0.2) is 15.7 Å². The summed E-state index contributed by atoms with van der Waals surface area (Å²) in [6, 6.07) is 7.97. The maximum absolute atomic E-state index is 11.4. The van der Waals surface area contributed by atoms with Gasteiger partial charge in [0.15, 0.2) is 0 Å². The highest BCUT2D eigenvalue weighted by Crippen LogP contribution is 2.45. The molecule has 162 valence electrons. The van der Waals surface area contributed by atoms with E-state index in [1.807, 2.05) is 25.1 Å². The lowest BCUT2D eigenvalue weighted by molar-refractivity contribution is -0.114. The number of carbonyl (C=O) groups excluding carboxylic acids is 1. The molecule has 2 heterocycles. The molecule has 1 aromatic heterocycles. The zero-order valence-corrected chi connectivity index (χ0v) is 18.9. The molecule has 0 atom stereocenters. The fourth-order valence-corrected chi connectivity index (χ4v) is 4.12. The Hall–Kier alpha value is -3.08. The number of hydrogen-bond donors (Lipinski definition) is 1. The van der Waals surface area contributed by atoms with E-state index in [4.69, 9.17) is 9.84 Å². The van der Waals surface area contributed by atoms with Crippen LogP contribution < -0.4 is 10.1 Å². The molecule has 1 aliphatic heterocycles. The second kappa shape index (κ2) is 8.96. The molecule has 0 radical (unpaired) electrons. The lowest BCUT2D eigenvalue weighted by Gasteiger charge is -2.14. The number of benzene rings is 1. The van der Waals surface area contributed by atoms with Crippen LogP contribution in [0.15, 0.2) is 53.6 Å². The molecule has 0 bridgehead atoms. The number of ether oxygens (including phenoxy) is 1. The molecule has 4 rings (SSSR count). The summed E-state index contributed by atoms with van der Waals surface area (Å²) in [4.78, 5) is 11.4. The third-order valence-corrected chi connectivity index (χ3v) is 5.94. The van der Waals surface area contributed by atoms with Crippen LogP contribution in [0.4, 0.5) is 5.69 Å². The van der Waals surface area contributed by atoms with Crippen LogP contribution in [0.25, 0.3) is 5.57 Å². The predicted molar refractivity (Wildman–Crippen MR) is 125 cm³/mol. The molecule has 1 N–H and O–H groups in total. The summed E-state index contributed by atoms with van der Waals surface area (Å²) in [6.45, 7) is 9.14. The number of nitrogens with zero attached hydrogens (tertiary/aromatic N) is 2. The summed E-state index contributed by atoms with van der Waals surface area (Å²) < 4.78 is 8.15. The fourth-order valence-electron chi connectivity index (χ4n) is 4.12. The van der Waals surface area contributed by atoms with Gasteiger partial charge in [0.25, 0.3) is 0 Å². The van der Waals surface area contributed by atoms with Crippen molar-refractivity contribution in [3.63, 3.8) is 0 Å². The van der Waals surface area contributed by atoms with Gasteiger partial charge in [-0.05, 0) is 56.7 Å². The van der Waals surface area contributed by atoms with Gasteiger partial charge < -0.3 is 10.1 Å². The molecule has 1 amide bonds. The van der Waals surface area contributed by atoms with E-state index >= 15 is 0 Å². The van der Waals surface area contributed by atoms with Crippen molar-refractivity contribution in [3.05, 3.63) is 70.6 Å². The summed E-state index contributed by atoms with van der Waals surface area (Å²) in [7, 11) is 0. The van der Waals surface area contributed by atoms with E-state index in [-0.39, 0.29) is 5.91 Å². The van der Waals surface area contributed by atoms with Crippen LogP contribution in [0.5, 0.6) is 5.75 Å². The third kappa shape index (κ3) is 4.66. The van der Waals surface area contributed by atoms with Crippen molar-refractivity contribution < 1.29 is 9.53 Å². The SMILES string of the molecule is C\C=C/C=C(\C(=C(/C)CC)C1CC1)c1cc2n(n1)Cc1ccc(NC(C)=O)cc1OC2. The number of rotatable bonds is 6. The third-order valence-electron chi connectivity index (χ3n) is 5.94. The number of hydrogen-bond acceptors (Lipinski definition) is 3. The van der Waals surface area contributed by atoms with Gasteiger partial charge in [-0.2, -0.15) is 5.10 Å². The Morgan fingerprint density at radius 2 is 2.10 bits per heavy atom. The van der Waals surface area contributed by atoms with Crippen molar-refractivity contribution in [1.29, 1.82) is 0 Å². The molecule has 0 spiro atoms. The average Bonchev–Trinajstić information content (AvgIpc) is 3.53. The highest BCUT2D eigenvalue weighted by atomic mass is 16.5. The van der Waals surface area contributed by atoms with E-state index < -0.39 is 0 Å². The Kier molecular flexibility index (Phi) is 6.12. The van der Waals surface area contributed by atoms with Gasteiger partial charge in [-0.1, -0.05) is 36.8 Å². The second-order valence-corrected chi connectivity index (χ2v) is 8.40. The Morgan fingerprint density at radius 3 is 2.77 bits per heavy atom. The molecule has 5 nitrogen and oxygen atoms in total. The smallest absolute Gasteiger partial charge is 0.221 e. The van der Waals surface area contributed by atoms with E-state index in [0.717, 1.165) is 34.8 Å². The summed E-state index contributed by atoms with van der Waals surface area (Å²) in [5.41, 5.74) is 8.04. The minimum atomic E-state index is -0.0894. The van der Waals surface area contributed by atoms with Gasteiger partial charge in [0.05, 0.1) is 17.9 Å². The average molecular weight is 418 g/mol. The Labute approximate surface area is 184 Å². The molecule has 0 saturated heterocycles. The van der Waals surface area contributed by atoms with Crippen molar-refractivity contribution in [3.8, 4) is 5.75 Å². The van der Waals surface area contributed by atoms with Crippen molar-refractivity contribution in [2.24, 2.45) is 5.92 Å². The number of aromatic nitrogens is 2. The Morgan fingerprint density at radius 1 is 1.29 bits per heavy atom. The quantitative estimate of drug-likeness (QED) is 0.597. The van der Waals surface area contributed by atoms with Crippen molar-refractivity contribution in [1.82, 2.24) is 9.78 Å². The molecule has 1 saturated carbocycles. The van der Waals surface area contributed by atoms with E-state index in [1.165, 1.54) is 36.5 Å². The van der Waals surface area contributed by atoms with Gasteiger partial charge in [-0.3, -0.25) is 9.48 Å². The second-order valence-electron chi connectivity index (χ2n) is 8.40. The van der Waals surface area contributed by atoms with Gasteiger partial charge in [0, 0.05) is 29.8 Å². The minimum Gasteiger partial charge on any atom is -0.487 e. The molecule has 2 aliphatic rings. The topological polar surface area (TPSA) is 56.2 Å². The van der Waals surface area contributed by atoms with Crippen LogP contribution in [0.3, 0.4) is 0 Å². The monoisotopic (exact) mass is 417 g/mol. The van der Waals surface area contributed by atoms with Crippen LogP contribution in [0.1, 0.15) is 63.9 Å². The highest BCUT2D eigenvalue weighted by molar-refractivity contribution is 5.89. The van der Waals surface area contributed by atoms with Gasteiger partial charge >= 0.3 is 0 Å². The fraction of sp³-hybridized carbons (Fsp3) is 0.385. The van der Waals surface area contributed by atoms with Gasteiger partial charge in [0.1, 0.15) is 12.4 Å². The molecule has 1 fully saturated rings. The Bertz CT molecular complexity index is 1080. The van der Waals surface area contributed by atoms with E-state index in [9.17, 15) is 4.79 Å². The highest BCUT2D eigenvalue weighted by Gasteiger charge is 2.31. The number of anilines is 1. The number of allylic oxidation sites excluding steroid dienone is 6. The van der Waals surface area contributed by atoms with Gasteiger partial charge in [-0.25, -0.2) is 0 Å². The van der Waals surface area contributed by atoms with Crippen LogP contribution in [0, 0.1) is 5.92 Å². The number of amides is 1. The molecule has 0 unspecified atom stereocenters. The maximum Gasteiger partial charge on any atom is 0.221 e. The number of fused-ring (bicyclic) bond motifs is 2. The standard InChI is InChI=1S/C26H31N3O2/c1-5-7-8-23(26(17(3)6-2)19-9-10-19)24-14-22-16-31-25-13-21(27-18(4)30)12-11-20(25)15-29(22)28-24/h5,7-8,11-14,19H,6,9-10,15-16H2,1-4H3,(H,27,30)/b7-5-,23-8-,26-17+. The van der Waals surface area contributed by atoms with Gasteiger partial charge in [-0.15, -0.1) is 0 Å². The zero-order chi connectivity index (χ0) is 22.0. The van der Waals surface area contributed by atoms with Crippen molar-refractivity contribution in [2.45, 2.75) is 60.1 Å². The Balaban J connectivity index is 1.68. The first-order chi connectivity index (χ1) is 15.0. The summed E-state index contributed by atoms with van der Waals surface area (Å²) >= 11 is 0. The lowest BCUT2D eigenvalue weighted by atomic mass is 9.92. The number of nitrogens with one attached hydrogen (secondary N) is 1. The first-order valence-electron chi connectivity index (χ1n) is 11.1. The van der Waals surface area contributed by atoms with Crippen LogP contribution >= 0.6 is 0 Å². The lowest BCUT2D eigenvalue weighted by Crippen LogP contribution is -2.06. The molecule has 5 heteroatoms. The first-order valence-corrected chi connectivity index (χ1v) is 11.1. The summed E-state index contributed by atoms with van der Waals surface area (Å²) in [5.74, 6) is 1.36. The molecular formula is C26H31N3O2. The van der Waals surface area contributed by atoms with Crippen LogP contribution in [-0.2, 0) is 17.9 Å².